The average Bonchev–Trinajstić information content (AvgIpc) is 2.16. The van der Waals surface area contributed by atoms with Crippen molar-refractivity contribution >= 4 is 11.5 Å². The Labute approximate surface area is 82.9 Å². The zero-order valence-corrected chi connectivity index (χ0v) is 8.03. The summed E-state index contributed by atoms with van der Waals surface area (Å²) in [6.45, 7) is 5.65. The van der Waals surface area contributed by atoms with E-state index in [1.807, 2.05) is 13.0 Å². The zero-order chi connectivity index (χ0) is 10.7. The van der Waals surface area contributed by atoms with Crippen LogP contribution in [0, 0.1) is 0 Å². The predicted molar refractivity (Wildman–Crippen MR) is 55.7 cm³/mol. The molecule has 0 aliphatic carbocycles. The number of hydrogen-bond acceptors (Lipinski definition) is 2. The number of hydrogen-bond donors (Lipinski definition) is 2. The van der Waals surface area contributed by atoms with Crippen molar-refractivity contribution in [1.29, 1.82) is 0 Å². The molecule has 3 N–H and O–H groups in total. The molecule has 0 fully saturated rings. The molecular weight excluding hydrogens is 178 g/mol. The lowest BCUT2D eigenvalue weighted by atomic mass is 10.0. The van der Waals surface area contributed by atoms with Gasteiger partial charge in [-0.1, -0.05) is 30.4 Å². The predicted octanol–water partition coefficient (Wildman–Crippen LogP) is 1.80. The molecule has 0 aromatic heterocycles. The smallest absolute Gasteiger partial charge is 0.325 e. The molecule has 0 spiro atoms. The number of carbonyl (C=O) groups is 1. The maximum atomic E-state index is 10.6. The van der Waals surface area contributed by atoms with Crippen molar-refractivity contribution in [2.24, 2.45) is 5.73 Å². The molecule has 14 heavy (non-hydrogen) atoms. The van der Waals surface area contributed by atoms with Crippen LogP contribution in [0.15, 0.2) is 30.8 Å². The highest BCUT2D eigenvalue weighted by molar-refractivity contribution is 5.76. The van der Waals surface area contributed by atoms with Crippen molar-refractivity contribution < 1.29 is 9.90 Å². The summed E-state index contributed by atoms with van der Waals surface area (Å²) in [5, 5.41) is 8.72. The lowest BCUT2D eigenvalue weighted by Crippen LogP contribution is -2.20. The molecule has 1 rings (SSSR count). The molecule has 1 atom stereocenters. The van der Waals surface area contributed by atoms with Crippen LogP contribution in [0.25, 0.3) is 5.57 Å². The van der Waals surface area contributed by atoms with Crippen molar-refractivity contribution in [3.05, 3.63) is 42.0 Å². The first-order chi connectivity index (χ1) is 6.52. The fraction of sp³-hybridized carbons (Fsp3) is 0.182. The highest BCUT2D eigenvalue weighted by atomic mass is 16.4. The average molecular weight is 191 g/mol. The van der Waals surface area contributed by atoms with Gasteiger partial charge in [-0.25, -0.2) is 0 Å². The van der Waals surface area contributed by atoms with Crippen LogP contribution in [0.5, 0.6) is 0 Å². The van der Waals surface area contributed by atoms with E-state index in [4.69, 9.17) is 10.8 Å². The monoisotopic (exact) mass is 191 g/mol. The lowest BCUT2D eigenvalue weighted by Gasteiger charge is -2.08. The summed E-state index contributed by atoms with van der Waals surface area (Å²) in [6.07, 6.45) is 0. The summed E-state index contributed by atoms with van der Waals surface area (Å²) < 4.78 is 0. The first-order valence-electron chi connectivity index (χ1n) is 4.26. The van der Waals surface area contributed by atoms with Gasteiger partial charge >= 0.3 is 5.97 Å². The van der Waals surface area contributed by atoms with Crippen LogP contribution >= 0.6 is 0 Å². The first-order valence-corrected chi connectivity index (χ1v) is 4.26. The lowest BCUT2D eigenvalue weighted by molar-refractivity contribution is -0.138. The second-order valence-electron chi connectivity index (χ2n) is 3.22. The summed E-state index contributed by atoms with van der Waals surface area (Å²) >= 11 is 0. The Morgan fingerprint density at radius 1 is 1.57 bits per heavy atom. The fourth-order valence-electron chi connectivity index (χ4n) is 1.14. The third kappa shape index (κ3) is 2.20. The van der Waals surface area contributed by atoms with Crippen molar-refractivity contribution in [1.82, 2.24) is 0 Å². The van der Waals surface area contributed by atoms with Crippen LogP contribution in [0.4, 0.5) is 0 Å². The standard InChI is InChI=1S/C11H13NO2/c1-7(2)8-4-3-5-9(6-8)10(12)11(13)14/h3-6,10H,1,12H2,2H3,(H,13,14). The molecule has 0 amide bonds. The number of carboxylic acids is 1. The Morgan fingerprint density at radius 2 is 2.21 bits per heavy atom. The third-order valence-electron chi connectivity index (χ3n) is 2.00. The molecule has 0 heterocycles. The van der Waals surface area contributed by atoms with Gasteiger partial charge in [0, 0.05) is 0 Å². The van der Waals surface area contributed by atoms with Crippen LogP contribution in [-0.4, -0.2) is 11.1 Å². The summed E-state index contributed by atoms with van der Waals surface area (Å²) in [4.78, 5) is 10.6. The Hall–Kier alpha value is -1.61. The Morgan fingerprint density at radius 3 is 2.71 bits per heavy atom. The fourth-order valence-corrected chi connectivity index (χ4v) is 1.14. The second-order valence-corrected chi connectivity index (χ2v) is 3.22. The van der Waals surface area contributed by atoms with E-state index in [1.165, 1.54) is 0 Å². The van der Waals surface area contributed by atoms with Gasteiger partial charge in [0.1, 0.15) is 6.04 Å². The highest BCUT2D eigenvalue weighted by Crippen LogP contribution is 2.17. The van der Waals surface area contributed by atoms with Gasteiger partial charge in [0.25, 0.3) is 0 Å². The molecule has 0 saturated heterocycles. The number of nitrogens with two attached hydrogens (primary N) is 1. The maximum absolute atomic E-state index is 10.6. The van der Waals surface area contributed by atoms with Crippen molar-refractivity contribution in [3.63, 3.8) is 0 Å². The molecule has 0 radical (unpaired) electrons. The molecule has 3 nitrogen and oxygen atoms in total. The molecule has 0 aliphatic heterocycles. The number of aliphatic carboxylic acids is 1. The van der Waals surface area contributed by atoms with Gasteiger partial charge < -0.3 is 10.8 Å². The third-order valence-corrected chi connectivity index (χ3v) is 2.00. The van der Waals surface area contributed by atoms with Crippen LogP contribution in [0.3, 0.4) is 0 Å². The molecule has 1 aromatic rings. The quantitative estimate of drug-likeness (QED) is 0.765. The van der Waals surface area contributed by atoms with Gasteiger partial charge in [0.05, 0.1) is 0 Å². The van der Waals surface area contributed by atoms with Crippen LogP contribution in [0.2, 0.25) is 0 Å². The van der Waals surface area contributed by atoms with Crippen molar-refractivity contribution in [3.8, 4) is 0 Å². The van der Waals surface area contributed by atoms with E-state index in [-0.39, 0.29) is 0 Å². The van der Waals surface area contributed by atoms with Gasteiger partial charge in [-0.3, -0.25) is 4.79 Å². The Balaban J connectivity index is 3.05. The number of allylic oxidation sites excluding steroid dienone is 1. The van der Waals surface area contributed by atoms with Crippen molar-refractivity contribution in [2.45, 2.75) is 13.0 Å². The van der Waals surface area contributed by atoms with Gasteiger partial charge in [-0.15, -0.1) is 0 Å². The molecule has 0 aliphatic rings. The number of benzene rings is 1. The van der Waals surface area contributed by atoms with Gasteiger partial charge in [0.2, 0.25) is 0 Å². The Kier molecular flexibility index (Phi) is 3.04. The SMILES string of the molecule is C=C(C)c1cccc(C(N)C(=O)O)c1. The molecule has 3 heteroatoms. The van der Waals surface area contributed by atoms with Crippen LogP contribution in [0.1, 0.15) is 24.1 Å². The summed E-state index contributed by atoms with van der Waals surface area (Å²) in [6, 6.07) is 6.14. The van der Waals surface area contributed by atoms with E-state index in [0.29, 0.717) is 5.56 Å². The van der Waals surface area contributed by atoms with E-state index < -0.39 is 12.0 Å². The van der Waals surface area contributed by atoms with Crippen LogP contribution < -0.4 is 5.73 Å². The van der Waals surface area contributed by atoms with Gasteiger partial charge in [0.15, 0.2) is 0 Å². The summed E-state index contributed by atoms with van der Waals surface area (Å²) in [5.41, 5.74) is 7.88. The van der Waals surface area contributed by atoms with E-state index in [9.17, 15) is 4.79 Å². The molecule has 0 saturated carbocycles. The minimum Gasteiger partial charge on any atom is -0.480 e. The highest BCUT2D eigenvalue weighted by Gasteiger charge is 2.13. The number of carboxylic acid groups (broad SMARTS) is 1. The zero-order valence-electron chi connectivity index (χ0n) is 8.03. The Bertz CT molecular complexity index is 371. The van der Waals surface area contributed by atoms with Crippen LogP contribution in [-0.2, 0) is 4.79 Å². The minimum absolute atomic E-state index is 0.595. The molecule has 0 bridgehead atoms. The normalized spacial score (nSPS) is 12.1. The molecule has 1 aromatic carbocycles. The second kappa shape index (κ2) is 4.07. The maximum Gasteiger partial charge on any atom is 0.325 e. The van der Waals surface area contributed by atoms with Gasteiger partial charge in [-0.05, 0) is 24.1 Å². The van der Waals surface area contributed by atoms with E-state index >= 15 is 0 Å². The topological polar surface area (TPSA) is 63.3 Å². The first kappa shape index (κ1) is 10.5. The molecule has 1 unspecified atom stereocenters. The summed E-state index contributed by atoms with van der Waals surface area (Å²) in [5.74, 6) is -1.02. The van der Waals surface area contributed by atoms with Gasteiger partial charge in [-0.2, -0.15) is 0 Å². The number of rotatable bonds is 3. The minimum atomic E-state index is -1.02. The summed E-state index contributed by atoms with van der Waals surface area (Å²) in [7, 11) is 0. The van der Waals surface area contributed by atoms with E-state index in [1.54, 1.807) is 18.2 Å². The van der Waals surface area contributed by atoms with E-state index in [2.05, 4.69) is 6.58 Å². The molecule has 74 valence electrons. The largest absolute Gasteiger partial charge is 0.480 e. The van der Waals surface area contributed by atoms with Crippen molar-refractivity contribution in [2.75, 3.05) is 0 Å². The molecular formula is C11H13NO2. The van der Waals surface area contributed by atoms with E-state index in [0.717, 1.165) is 11.1 Å².